The maximum absolute atomic E-state index is 12.2. The summed E-state index contributed by atoms with van der Waals surface area (Å²) in [6.07, 6.45) is 0.788. The van der Waals surface area contributed by atoms with E-state index in [2.05, 4.69) is 10.1 Å². The molecule has 1 aliphatic heterocycles. The lowest BCUT2D eigenvalue weighted by Gasteiger charge is -2.19. The van der Waals surface area contributed by atoms with Crippen LogP contribution in [-0.4, -0.2) is 32.6 Å². The Morgan fingerprint density at radius 3 is 2.79 bits per heavy atom. The van der Waals surface area contributed by atoms with Crippen molar-refractivity contribution >= 4 is 5.71 Å². The normalized spacial score (nSPS) is 28.3. The van der Waals surface area contributed by atoms with Crippen molar-refractivity contribution in [1.29, 1.82) is 0 Å². The Labute approximate surface area is 137 Å². The first-order valence-corrected chi connectivity index (χ1v) is 7.85. The Balaban J connectivity index is 1.71. The van der Waals surface area contributed by atoms with Crippen molar-refractivity contribution in [3.8, 4) is 0 Å². The maximum atomic E-state index is 12.2. The van der Waals surface area contributed by atoms with E-state index in [0.29, 0.717) is 17.7 Å². The fourth-order valence-electron chi connectivity index (χ4n) is 3.60. The van der Waals surface area contributed by atoms with Crippen molar-refractivity contribution in [2.75, 3.05) is 0 Å². The van der Waals surface area contributed by atoms with E-state index < -0.39 is 23.5 Å². The van der Waals surface area contributed by atoms with E-state index in [1.165, 1.54) is 10.8 Å². The molecular formula is C17H17N3O4. The second-order valence-electron chi connectivity index (χ2n) is 6.29. The van der Waals surface area contributed by atoms with Gasteiger partial charge < -0.3 is 9.94 Å². The van der Waals surface area contributed by atoms with Crippen molar-refractivity contribution in [2.45, 2.75) is 31.6 Å². The number of nitrogens with one attached hydrogen (secondary N) is 1. The van der Waals surface area contributed by atoms with Gasteiger partial charge in [0.05, 0.1) is 23.8 Å². The van der Waals surface area contributed by atoms with Crippen molar-refractivity contribution in [3.63, 3.8) is 0 Å². The molecule has 0 saturated heterocycles. The number of fused-ring (bicyclic) bond motifs is 1. The smallest absolute Gasteiger partial charge is 0.328 e. The van der Waals surface area contributed by atoms with E-state index in [4.69, 9.17) is 4.84 Å². The maximum Gasteiger partial charge on any atom is 0.328 e. The number of aliphatic hydroxyl groups excluding tert-OH is 1. The van der Waals surface area contributed by atoms with Gasteiger partial charge in [-0.05, 0) is 18.9 Å². The van der Waals surface area contributed by atoms with Gasteiger partial charge >= 0.3 is 5.69 Å². The third kappa shape index (κ3) is 2.20. The van der Waals surface area contributed by atoms with Crippen LogP contribution in [0.4, 0.5) is 0 Å². The van der Waals surface area contributed by atoms with E-state index in [1.807, 2.05) is 30.3 Å². The molecule has 2 aromatic rings. The second kappa shape index (κ2) is 5.45. The van der Waals surface area contributed by atoms with Crippen LogP contribution in [-0.2, 0) is 4.84 Å². The number of nitrogens with zero attached hydrogens (tertiary/aromatic N) is 2. The lowest BCUT2D eigenvalue weighted by atomic mass is 9.92. The number of aliphatic hydroxyl groups is 1. The molecule has 1 fully saturated rings. The van der Waals surface area contributed by atoms with Gasteiger partial charge in [0.15, 0.2) is 6.10 Å². The second-order valence-corrected chi connectivity index (χ2v) is 6.29. The molecule has 124 valence electrons. The Morgan fingerprint density at radius 1 is 1.29 bits per heavy atom. The summed E-state index contributed by atoms with van der Waals surface area (Å²) in [7, 11) is 0. The molecule has 0 amide bonds. The average Bonchev–Trinajstić information content (AvgIpc) is 3.14. The van der Waals surface area contributed by atoms with E-state index in [-0.39, 0.29) is 12.0 Å². The number of aromatic nitrogens is 2. The summed E-state index contributed by atoms with van der Waals surface area (Å²) in [5.41, 5.74) is 1.13. The SMILES string of the molecule is Cc1cn([C@@H]2C[C@H](O)[C@H]3C(c4ccccc4)=NO[C@H]32)c(=O)[nH]c1=O. The number of oxime groups is 1. The molecule has 2 N–H and O–H groups in total. The minimum atomic E-state index is -0.666. The molecule has 1 saturated carbocycles. The number of aryl methyl sites for hydroxylation is 1. The third-order valence-electron chi connectivity index (χ3n) is 4.79. The quantitative estimate of drug-likeness (QED) is 0.843. The molecule has 0 spiro atoms. The molecule has 24 heavy (non-hydrogen) atoms. The zero-order chi connectivity index (χ0) is 16.8. The fraction of sp³-hybridized carbons (Fsp3) is 0.353. The summed E-state index contributed by atoms with van der Waals surface area (Å²) in [5, 5.41) is 14.7. The first-order chi connectivity index (χ1) is 11.6. The lowest BCUT2D eigenvalue weighted by molar-refractivity contribution is 0.0362. The van der Waals surface area contributed by atoms with Gasteiger partial charge in [-0.25, -0.2) is 4.79 Å². The van der Waals surface area contributed by atoms with E-state index in [9.17, 15) is 14.7 Å². The van der Waals surface area contributed by atoms with E-state index >= 15 is 0 Å². The predicted octanol–water partition coefficient (Wildman–Crippen LogP) is 0.570. The van der Waals surface area contributed by atoms with Crippen LogP contribution in [0.3, 0.4) is 0 Å². The topological polar surface area (TPSA) is 96.7 Å². The molecule has 7 heteroatoms. The molecular weight excluding hydrogens is 310 g/mol. The zero-order valence-electron chi connectivity index (χ0n) is 13.0. The molecule has 0 radical (unpaired) electrons. The highest BCUT2D eigenvalue weighted by molar-refractivity contribution is 6.03. The van der Waals surface area contributed by atoms with Crippen molar-refractivity contribution in [1.82, 2.24) is 9.55 Å². The zero-order valence-corrected chi connectivity index (χ0v) is 13.0. The van der Waals surface area contributed by atoms with Gasteiger partial charge in [-0.2, -0.15) is 0 Å². The van der Waals surface area contributed by atoms with E-state index in [0.717, 1.165) is 5.56 Å². The largest absolute Gasteiger partial charge is 0.392 e. The monoisotopic (exact) mass is 327 g/mol. The summed E-state index contributed by atoms with van der Waals surface area (Å²) in [6, 6.07) is 9.17. The standard InChI is InChI=1S/C17H17N3O4/c1-9-8-20(17(23)18-16(9)22)11-7-12(21)13-14(19-24-15(11)13)10-5-3-2-4-6-10/h2-6,8,11-13,15,21H,7H2,1H3,(H,18,22,23)/t11-,12+,13+,15+/m1/s1. The molecule has 1 aromatic heterocycles. The summed E-state index contributed by atoms with van der Waals surface area (Å²) < 4.78 is 1.44. The third-order valence-corrected chi connectivity index (χ3v) is 4.79. The number of rotatable bonds is 2. The van der Waals surface area contributed by atoms with Gasteiger partial charge in [0, 0.05) is 11.8 Å². The van der Waals surface area contributed by atoms with Crippen LogP contribution in [0.5, 0.6) is 0 Å². The first-order valence-electron chi connectivity index (χ1n) is 7.85. The van der Waals surface area contributed by atoms with Crippen LogP contribution in [0.1, 0.15) is 23.6 Å². The highest BCUT2D eigenvalue weighted by Gasteiger charge is 2.52. The predicted molar refractivity (Wildman–Crippen MR) is 87.1 cm³/mol. The Hall–Kier alpha value is -2.67. The van der Waals surface area contributed by atoms with Crippen molar-refractivity contribution < 1.29 is 9.94 Å². The van der Waals surface area contributed by atoms with Crippen LogP contribution >= 0.6 is 0 Å². The lowest BCUT2D eigenvalue weighted by Crippen LogP contribution is -2.37. The highest BCUT2D eigenvalue weighted by atomic mass is 16.6. The average molecular weight is 327 g/mol. The van der Waals surface area contributed by atoms with Crippen LogP contribution in [0.25, 0.3) is 0 Å². The van der Waals surface area contributed by atoms with Gasteiger partial charge in [0.25, 0.3) is 5.56 Å². The van der Waals surface area contributed by atoms with Crippen LogP contribution in [0.15, 0.2) is 51.3 Å². The highest BCUT2D eigenvalue weighted by Crippen LogP contribution is 2.42. The van der Waals surface area contributed by atoms with E-state index in [1.54, 1.807) is 6.92 Å². The molecule has 0 unspecified atom stereocenters. The van der Waals surface area contributed by atoms with Crippen molar-refractivity contribution in [2.24, 2.45) is 11.1 Å². The molecule has 0 bridgehead atoms. The molecule has 4 atom stereocenters. The summed E-state index contributed by atoms with van der Waals surface area (Å²) >= 11 is 0. The summed E-state index contributed by atoms with van der Waals surface area (Å²) in [5.74, 6) is -0.295. The van der Waals surface area contributed by atoms with Crippen molar-refractivity contribution in [3.05, 3.63) is 68.5 Å². The Kier molecular flexibility index (Phi) is 3.38. The summed E-state index contributed by atoms with van der Waals surface area (Å²) in [4.78, 5) is 31.6. The minimum Gasteiger partial charge on any atom is -0.392 e. The van der Waals surface area contributed by atoms with Crippen LogP contribution in [0.2, 0.25) is 0 Å². The number of hydrogen-bond donors (Lipinski definition) is 2. The van der Waals surface area contributed by atoms with Crippen LogP contribution < -0.4 is 11.2 Å². The molecule has 7 nitrogen and oxygen atoms in total. The molecule has 1 aromatic carbocycles. The first kappa shape index (κ1) is 14.9. The molecule has 2 heterocycles. The number of H-pyrrole nitrogens is 1. The van der Waals surface area contributed by atoms with Crippen LogP contribution in [0, 0.1) is 12.8 Å². The Bertz CT molecular complexity index is 915. The number of benzene rings is 1. The molecule has 1 aliphatic carbocycles. The summed E-state index contributed by atoms with van der Waals surface area (Å²) in [6.45, 7) is 1.64. The minimum absolute atomic E-state index is 0.295. The Morgan fingerprint density at radius 2 is 2.04 bits per heavy atom. The van der Waals surface area contributed by atoms with Gasteiger partial charge in [-0.15, -0.1) is 0 Å². The van der Waals surface area contributed by atoms with Gasteiger partial charge in [-0.3, -0.25) is 14.3 Å². The van der Waals surface area contributed by atoms with Gasteiger partial charge in [0.1, 0.15) is 0 Å². The fourth-order valence-corrected chi connectivity index (χ4v) is 3.60. The van der Waals surface area contributed by atoms with Gasteiger partial charge in [-0.1, -0.05) is 35.5 Å². The molecule has 2 aliphatic rings. The molecule has 4 rings (SSSR count). The number of aromatic amines is 1. The van der Waals surface area contributed by atoms with Gasteiger partial charge in [0.2, 0.25) is 0 Å². The number of hydrogen-bond acceptors (Lipinski definition) is 5.